The molecule has 0 aliphatic carbocycles. The average molecular weight is 191 g/mol. The summed E-state index contributed by atoms with van der Waals surface area (Å²) in [6.07, 6.45) is 0.551. The molecule has 74 valence electrons. The molecule has 2 saturated heterocycles. The second-order valence-electron chi connectivity index (χ2n) is 3.89. The first-order valence-corrected chi connectivity index (χ1v) is 4.33. The van der Waals surface area contributed by atoms with E-state index in [0.717, 1.165) is 0 Å². The number of hydrogen-bond donors (Lipinski definition) is 1. The number of nitrogens with zero attached hydrogens (tertiary/aromatic N) is 1. The summed E-state index contributed by atoms with van der Waals surface area (Å²) in [6.45, 7) is 0.0984. The van der Waals surface area contributed by atoms with E-state index in [-0.39, 0.29) is 6.54 Å². The Bertz CT molecular complexity index is 257. The smallest absolute Gasteiger partial charge is 0.324 e. The number of alkyl halides is 2. The van der Waals surface area contributed by atoms with E-state index >= 15 is 0 Å². The van der Waals surface area contributed by atoms with Crippen molar-refractivity contribution in [2.24, 2.45) is 0 Å². The highest BCUT2D eigenvalue weighted by molar-refractivity contribution is 5.80. The van der Waals surface area contributed by atoms with Crippen LogP contribution in [0.1, 0.15) is 19.3 Å². The minimum atomic E-state index is -2.82. The maximum absolute atomic E-state index is 13.0. The van der Waals surface area contributed by atoms with Crippen LogP contribution < -0.4 is 0 Å². The summed E-state index contributed by atoms with van der Waals surface area (Å²) in [7, 11) is 0. The van der Waals surface area contributed by atoms with Gasteiger partial charge in [-0.05, 0) is 19.4 Å². The van der Waals surface area contributed by atoms with Crippen molar-refractivity contribution in [2.75, 3.05) is 13.1 Å². The summed E-state index contributed by atoms with van der Waals surface area (Å²) in [5, 5.41) is 8.93. The molecule has 1 unspecified atom stereocenters. The molecule has 0 aromatic rings. The van der Waals surface area contributed by atoms with Gasteiger partial charge in [0.05, 0.1) is 6.54 Å². The fourth-order valence-electron chi connectivity index (χ4n) is 2.45. The molecule has 0 saturated carbocycles. The van der Waals surface area contributed by atoms with Crippen molar-refractivity contribution < 1.29 is 18.7 Å². The van der Waals surface area contributed by atoms with Crippen LogP contribution in [0.4, 0.5) is 8.78 Å². The number of hydrogen-bond acceptors (Lipinski definition) is 2. The second-order valence-corrected chi connectivity index (χ2v) is 3.89. The molecule has 5 heteroatoms. The van der Waals surface area contributed by atoms with Gasteiger partial charge in [0.25, 0.3) is 5.92 Å². The Kier molecular flexibility index (Phi) is 1.64. The molecular weight excluding hydrogens is 180 g/mol. The molecule has 2 heterocycles. The van der Waals surface area contributed by atoms with Crippen LogP contribution in [0.15, 0.2) is 0 Å². The van der Waals surface area contributed by atoms with Gasteiger partial charge in [0, 0.05) is 6.42 Å². The number of fused-ring (bicyclic) bond motifs is 1. The lowest BCUT2D eigenvalue weighted by molar-refractivity contribution is -0.148. The van der Waals surface area contributed by atoms with E-state index in [1.165, 1.54) is 4.90 Å². The SMILES string of the molecule is O=C(O)C12CCCN1CC(F)(F)C2. The molecule has 0 spiro atoms. The number of aliphatic carboxylic acids is 1. The summed E-state index contributed by atoms with van der Waals surface area (Å²) in [5.41, 5.74) is -1.26. The number of carbonyl (C=O) groups is 1. The Morgan fingerprint density at radius 1 is 1.46 bits per heavy atom. The standard InChI is InChI=1S/C8H11F2NO2/c9-8(10)4-7(6(12)13)2-1-3-11(7)5-8/h1-5H2,(H,12,13). The minimum Gasteiger partial charge on any atom is -0.480 e. The van der Waals surface area contributed by atoms with Crippen LogP contribution in [0.3, 0.4) is 0 Å². The summed E-state index contributed by atoms with van der Waals surface area (Å²) in [4.78, 5) is 12.3. The molecule has 0 amide bonds. The minimum absolute atomic E-state index is 0.359. The highest BCUT2D eigenvalue weighted by Crippen LogP contribution is 2.45. The van der Waals surface area contributed by atoms with Gasteiger partial charge in [-0.15, -0.1) is 0 Å². The topological polar surface area (TPSA) is 40.5 Å². The highest BCUT2D eigenvalue weighted by atomic mass is 19.3. The maximum atomic E-state index is 13.0. The molecule has 2 fully saturated rings. The van der Waals surface area contributed by atoms with Crippen LogP contribution in [0.25, 0.3) is 0 Å². The van der Waals surface area contributed by atoms with Gasteiger partial charge in [-0.1, -0.05) is 0 Å². The predicted molar refractivity (Wildman–Crippen MR) is 40.7 cm³/mol. The lowest BCUT2D eigenvalue weighted by atomic mass is 9.93. The Hall–Kier alpha value is -0.710. The molecule has 0 aromatic carbocycles. The van der Waals surface area contributed by atoms with Gasteiger partial charge in [-0.2, -0.15) is 0 Å². The molecule has 0 radical (unpaired) electrons. The lowest BCUT2D eigenvalue weighted by Gasteiger charge is -2.25. The van der Waals surface area contributed by atoms with E-state index in [1.54, 1.807) is 0 Å². The Balaban J connectivity index is 2.30. The van der Waals surface area contributed by atoms with Gasteiger partial charge in [0.1, 0.15) is 5.54 Å². The molecule has 2 rings (SSSR count). The third-order valence-corrected chi connectivity index (χ3v) is 3.00. The van der Waals surface area contributed by atoms with Crippen LogP contribution in [0.2, 0.25) is 0 Å². The van der Waals surface area contributed by atoms with Crippen molar-refractivity contribution in [2.45, 2.75) is 30.7 Å². The molecule has 0 aromatic heterocycles. The van der Waals surface area contributed by atoms with E-state index in [9.17, 15) is 13.6 Å². The van der Waals surface area contributed by atoms with Gasteiger partial charge in [0.15, 0.2) is 0 Å². The number of halogens is 2. The summed E-state index contributed by atoms with van der Waals surface area (Å²) < 4.78 is 25.9. The molecule has 3 nitrogen and oxygen atoms in total. The monoisotopic (exact) mass is 191 g/mol. The van der Waals surface area contributed by atoms with E-state index in [2.05, 4.69) is 0 Å². The molecule has 2 aliphatic rings. The van der Waals surface area contributed by atoms with Crippen molar-refractivity contribution >= 4 is 5.97 Å². The zero-order valence-corrected chi connectivity index (χ0v) is 7.09. The first-order valence-electron chi connectivity index (χ1n) is 4.33. The second kappa shape index (κ2) is 2.41. The van der Waals surface area contributed by atoms with Crippen LogP contribution in [-0.2, 0) is 4.79 Å². The maximum Gasteiger partial charge on any atom is 0.324 e. The Labute approximate surface area is 74.3 Å². The summed E-state index contributed by atoms with van der Waals surface area (Å²) in [5.74, 6) is -3.92. The van der Waals surface area contributed by atoms with Crippen LogP contribution in [0, 0.1) is 0 Å². The fraction of sp³-hybridized carbons (Fsp3) is 0.875. The first kappa shape index (κ1) is 8.87. The zero-order valence-electron chi connectivity index (χ0n) is 7.09. The van der Waals surface area contributed by atoms with Crippen molar-refractivity contribution in [3.63, 3.8) is 0 Å². The first-order chi connectivity index (χ1) is 5.96. The van der Waals surface area contributed by atoms with Crippen LogP contribution in [-0.4, -0.2) is 40.5 Å². The van der Waals surface area contributed by atoms with Crippen molar-refractivity contribution in [1.29, 1.82) is 0 Å². The molecule has 2 aliphatic heterocycles. The molecular formula is C8H11F2NO2. The third-order valence-electron chi connectivity index (χ3n) is 3.00. The van der Waals surface area contributed by atoms with E-state index in [0.29, 0.717) is 19.4 Å². The third kappa shape index (κ3) is 1.14. The average Bonchev–Trinajstić information content (AvgIpc) is 2.40. The predicted octanol–water partition coefficient (Wildman–Crippen LogP) is 0.945. The van der Waals surface area contributed by atoms with E-state index in [4.69, 9.17) is 5.11 Å². The van der Waals surface area contributed by atoms with Gasteiger partial charge < -0.3 is 5.11 Å². The largest absolute Gasteiger partial charge is 0.480 e. The Morgan fingerprint density at radius 3 is 2.69 bits per heavy atom. The number of carboxylic acids is 1. The van der Waals surface area contributed by atoms with Crippen LogP contribution >= 0.6 is 0 Å². The number of rotatable bonds is 1. The quantitative estimate of drug-likeness (QED) is 0.670. The highest BCUT2D eigenvalue weighted by Gasteiger charge is 2.60. The molecule has 1 atom stereocenters. The van der Waals surface area contributed by atoms with Crippen molar-refractivity contribution in [3.8, 4) is 0 Å². The number of carboxylic acid groups (broad SMARTS) is 1. The van der Waals surface area contributed by atoms with Gasteiger partial charge >= 0.3 is 5.97 Å². The molecule has 13 heavy (non-hydrogen) atoms. The molecule has 1 N–H and O–H groups in total. The van der Waals surface area contributed by atoms with Gasteiger partial charge in [-0.3, -0.25) is 9.69 Å². The van der Waals surface area contributed by atoms with Gasteiger partial charge in [-0.25, -0.2) is 8.78 Å². The normalized spacial score (nSPS) is 37.7. The Morgan fingerprint density at radius 2 is 2.15 bits per heavy atom. The van der Waals surface area contributed by atoms with Crippen molar-refractivity contribution in [1.82, 2.24) is 4.90 Å². The van der Waals surface area contributed by atoms with E-state index < -0.39 is 23.9 Å². The summed E-state index contributed by atoms with van der Waals surface area (Å²) in [6, 6.07) is 0. The van der Waals surface area contributed by atoms with Crippen LogP contribution in [0.5, 0.6) is 0 Å². The summed E-state index contributed by atoms with van der Waals surface area (Å²) >= 11 is 0. The van der Waals surface area contributed by atoms with E-state index in [1.807, 2.05) is 0 Å². The van der Waals surface area contributed by atoms with Gasteiger partial charge in [0.2, 0.25) is 0 Å². The zero-order chi connectivity index (χ0) is 9.69. The fourth-order valence-corrected chi connectivity index (χ4v) is 2.45. The lowest BCUT2D eigenvalue weighted by Crippen LogP contribution is -2.45. The molecule has 0 bridgehead atoms. The van der Waals surface area contributed by atoms with Crippen molar-refractivity contribution in [3.05, 3.63) is 0 Å².